The topological polar surface area (TPSA) is 55.4 Å². The van der Waals surface area contributed by atoms with Gasteiger partial charge in [-0.2, -0.15) is 0 Å². The van der Waals surface area contributed by atoms with Gasteiger partial charge >= 0.3 is 0 Å². The highest BCUT2D eigenvalue weighted by Crippen LogP contribution is 2.20. The molecule has 0 radical (unpaired) electrons. The molecular weight excluding hydrogens is 218 g/mol. The van der Waals surface area contributed by atoms with Crippen LogP contribution in [0.3, 0.4) is 0 Å². The molecule has 0 aliphatic carbocycles. The van der Waals surface area contributed by atoms with Crippen molar-refractivity contribution in [3.05, 3.63) is 29.8 Å². The molecule has 4 nitrogen and oxygen atoms in total. The molecule has 1 aromatic carbocycles. The second-order valence-corrected chi connectivity index (χ2v) is 4.20. The number of methoxy groups -OCH3 is 1. The summed E-state index contributed by atoms with van der Waals surface area (Å²) in [6, 6.07) is 7.66. The average molecular weight is 233 g/mol. The van der Waals surface area contributed by atoms with Gasteiger partial charge in [0.05, 0.1) is 7.11 Å². The largest absolute Gasteiger partial charge is 0.497 e. The number of hydrogen-bond acceptors (Lipinski definition) is 3. The lowest BCUT2D eigenvalue weighted by Crippen LogP contribution is -2.41. The summed E-state index contributed by atoms with van der Waals surface area (Å²) in [6.07, 6.45) is 1.71. The molecule has 1 N–H and O–H groups in total. The van der Waals surface area contributed by atoms with Crippen molar-refractivity contribution in [2.24, 2.45) is 5.92 Å². The van der Waals surface area contributed by atoms with Crippen molar-refractivity contribution in [2.75, 3.05) is 7.11 Å². The van der Waals surface area contributed by atoms with Crippen LogP contribution in [0.2, 0.25) is 0 Å². The monoisotopic (exact) mass is 233 g/mol. The highest BCUT2D eigenvalue weighted by Gasteiger charge is 2.26. The van der Waals surface area contributed by atoms with E-state index in [1.807, 2.05) is 24.3 Å². The number of carbonyl (C=O) groups excluding carboxylic acids is 2. The smallest absolute Gasteiger partial charge is 0.230 e. The third-order valence-corrected chi connectivity index (χ3v) is 2.97. The summed E-state index contributed by atoms with van der Waals surface area (Å²) in [5.74, 6) is 0.343. The van der Waals surface area contributed by atoms with Crippen molar-refractivity contribution in [3.63, 3.8) is 0 Å². The number of benzene rings is 1. The first-order chi connectivity index (χ1) is 8.19. The van der Waals surface area contributed by atoms with Crippen LogP contribution in [0.1, 0.15) is 18.4 Å². The van der Waals surface area contributed by atoms with E-state index in [0.717, 1.165) is 11.3 Å². The van der Waals surface area contributed by atoms with Crippen molar-refractivity contribution >= 4 is 11.8 Å². The van der Waals surface area contributed by atoms with Crippen LogP contribution in [-0.2, 0) is 16.0 Å². The summed E-state index contributed by atoms with van der Waals surface area (Å²) in [5.41, 5.74) is 1.05. The molecule has 1 aromatic rings. The van der Waals surface area contributed by atoms with Crippen molar-refractivity contribution in [2.45, 2.75) is 19.3 Å². The van der Waals surface area contributed by atoms with Crippen LogP contribution in [-0.4, -0.2) is 18.9 Å². The highest BCUT2D eigenvalue weighted by atomic mass is 16.5. The molecule has 1 atom stereocenters. The summed E-state index contributed by atoms with van der Waals surface area (Å²) < 4.78 is 5.13. The van der Waals surface area contributed by atoms with Crippen LogP contribution in [0.4, 0.5) is 0 Å². The fourth-order valence-electron chi connectivity index (χ4n) is 2.02. The predicted molar refractivity (Wildman–Crippen MR) is 62.6 cm³/mol. The molecule has 1 unspecified atom stereocenters. The van der Waals surface area contributed by atoms with Crippen LogP contribution < -0.4 is 10.1 Å². The standard InChI is InChI=1S/C13H15NO3/c1-17-11-4-2-3-9(8-11)7-10-5-6-12(15)14-13(10)16/h2-4,8,10H,5-7H2,1H3,(H,14,15,16). The van der Waals surface area contributed by atoms with Crippen LogP contribution in [0.5, 0.6) is 5.75 Å². The van der Waals surface area contributed by atoms with Gasteiger partial charge in [0.25, 0.3) is 0 Å². The van der Waals surface area contributed by atoms with Gasteiger partial charge in [0.15, 0.2) is 0 Å². The van der Waals surface area contributed by atoms with E-state index in [2.05, 4.69) is 5.32 Å². The molecule has 1 aliphatic heterocycles. The average Bonchev–Trinajstić information content (AvgIpc) is 2.33. The second-order valence-electron chi connectivity index (χ2n) is 4.20. The maximum absolute atomic E-state index is 11.6. The number of carbonyl (C=O) groups is 2. The quantitative estimate of drug-likeness (QED) is 0.800. The van der Waals surface area contributed by atoms with Gasteiger partial charge in [-0.05, 0) is 30.5 Å². The van der Waals surface area contributed by atoms with E-state index < -0.39 is 0 Å². The number of rotatable bonds is 3. The third-order valence-electron chi connectivity index (χ3n) is 2.97. The van der Waals surface area contributed by atoms with Crippen LogP contribution in [0.15, 0.2) is 24.3 Å². The van der Waals surface area contributed by atoms with E-state index in [1.54, 1.807) is 7.11 Å². The SMILES string of the molecule is COc1cccc(CC2CCC(=O)NC2=O)c1. The summed E-state index contributed by atoms with van der Waals surface area (Å²) in [5, 5.41) is 2.37. The van der Waals surface area contributed by atoms with Crippen LogP contribution in [0, 0.1) is 5.92 Å². The zero-order valence-corrected chi connectivity index (χ0v) is 9.73. The number of amides is 2. The first kappa shape index (κ1) is 11.6. The Morgan fingerprint density at radius 2 is 2.24 bits per heavy atom. The van der Waals surface area contributed by atoms with Gasteiger partial charge in [0.1, 0.15) is 5.75 Å². The lowest BCUT2D eigenvalue weighted by molar-refractivity contribution is -0.136. The predicted octanol–water partition coefficient (Wildman–Crippen LogP) is 1.29. The molecule has 0 aromatic heterocycles. The van der Waals surface area contributed by atoms with E-state index in [9.17, 15) is 9.59 Å². The molecule has 1 saturated heterocycles. The second kappa shape index (κ2) is 4.99. The Hall–Kier alpha value is -1.84. The molecule has 0 bridgehead atoms. The summed E-state index contributed by atoms with van der Waals surface area (Å²) in [6.45, 7) is 0. The lowest BCUT2D eigenvalue weighted by Gasteiger charge is -2.20. The number of ether oxygens (including phenoxy) is 1. The maximum Gasteiger partial charge on any atom is 0.230 e. The third kappa shape index (κ3) is 2.84. The summed E-state index contributed by atoms with van der Waals surface area (Å²) in [7, 11) is 1.62. The number of nitrogens with one attached hydrogen (secondary N) is 1. The molecule has 17 heavy (non-hydrogen) atoms. The first-order valence-electron chi connectivity index (χ1n) is 5.65. The Morgan fingerprint density at radius 3 is 2.94 bits per heavy atom. The first-order valence-corrected chi connectivity index (χ1v) is 5.65. The van der Waals surface area contributed by atoms with Gasteiger partial charge < -0.3 is 4.74 Å². The normalized spacial score (nSPS) is 19.9. The fraction of sp³-hybridized carbons (Fsp3) is 0.385. The van der Waals surface area contributed by atoms with Crippen LogP contribution >= 0.6 is 0 Å². The number of hydrogen-bond donors (Lipinski definition) is 1. The van der Waals surface area contributed by atoms with Gasteiger partial charge in [-0.3, -0.25) is 14.9 Å². The molecular formula is C13H15NO3. The zero-order chi connectivity index (χ0) is 12.3. The summed E-state index contributed by atoms with van der Waals surface area (Å²) in [4.78, 5) is 22.6. The fourth-order valence-corrected chi connectivity index (χ4v) is 2.02. The van der Waals surface area contributed by atoms with E-state index in [4.69, 9.17) is 4.74 Å². The van der Waals surface area contributed by atoms with E-state index in [0.29, 0.717) is 19.3 Å². The molecule has 0 saturated carbocycles. The number of piperidine rings is 1. The highest BCUT2D eigenvalue weighted by molar-refractivity contribution is 5.98. The molecule has 1 aliphatic rings. The van der Waals surface area contributed by atoms with Crippen molar-refractivity contribution in [1.82, 2.24) is 5.32 Å². The molecule has 90 valence electrons. The Bertz CT molecular complexity index is 442. The Kier molecular flexibility index (Phi) is 3.42. The van der Waals surface area contributed by atoms with E-state index in [-0.39, 0.29) is 17.7 Å². The zero-order valence-electron chi connectivity index (χ0n) is 9.73. The van der Waals surface area contributed by atoms with Crippen molar-refractivity contribution < 1.29 is 14.3 Å². The maximum atomic E-state index is 11.6. The molecule has 2 rings (SSSR count). The Balaban J connectivity index is 2.05. The van der Waals surface area contributed by atoms with Gasteiger partial charge in [-0.25, -0.2) is 0 Å². The lowest BCUT2D eigenvalue weighted by atomic mass is 9.91. The van der Waals surface area contributed by atoms with Crippen molar-refractivity contribution in [3.8, 4) is 5.75 Å². The summed E-state index contributed by atoms with van der Waals surface area (Å²) >= 11 is 0. The minimum absolute atomic E-state index is 0.111. The molecule has 1 heterocycles. The van der Waals surface area contributed by atoms with E-state index >= 15 is 0 Å². The number of imide groups is 1. The Labute approximate surface area is 100.0 Å². The van der Waals surface area contributed by atoms with E-state index in [1.165, 1.54) is 0 Å². The minimum atomic E-state index is -0.170. The van der Waals surface area contributed by atoms with Gasteiger partial charge in [-0.1, -0.05) is 12.1 Å². The molecule has 1 fully saturated rings. The Morgan fingerprint density at radius 1 is 1.41 bits per heavy atom. The minimum Gasteiger partial charge on any atom is -0.497 e. The van der Waals surface area contributed by atoms with Crippen LogP contribution in [0.25, 0.3) is 0 Å². The van der Waals surface area contributed by atoms with Crippen molar-refractivity contribution in [1.29, 1.82) is 0 Å². The molecule has 4 heteroatoms. The molecule has 2 amide bonds. The van der Waals surface area contributed by atoms with Gasteiger partial charge in [0.2, 0.25) is 11.8 Å². The van der Waals surface area contributed by atoms with Gasteiger partial charge in [-0.15, -0.1) is 0 Å². The molecule has 0 spiro atoms. The van der Waals surface area contributed by atoms with Gasteiger partial charge in [0, 0.05) is 12.3 Å².